The van der Waals surface area contributed by atoms with Gasteiger partial charge in [0.15, 0.2) is 0 Å². The second-order valence-corrected chi connectivity index (χ2v) is 3.44. The van der Waals surface area contributed by atoms with Crippen molar-refractivity contribution in [3.05, 3.63) is 0 Å². The lowest BCUT2D eigenvalue weighted by Gasteiger charge is -2.36. The Morgan fingerprint density at radius 2 is 2.36 bits per heavy atom. The highest BCUT2D eigenvalue weighted by Gasteiger charge is 2.38. The van der Waals surface area contributed by atoms with Gasteiger partial charge in [0.05, 0.1) is 18.7 Å². The Labute approximate surface area is 81.3 Å². The highest BCUT2D eigenvalue weighted by atomic mass is 19.1. The van der Waals surface area contributed by atoms with Gasteiger partial charge < -0.3 is 20.8 Å². The summed E-state index contributed by atoms with van der Waals surface area (Å²) in [5, 5.41) is 23.3. The topological polar surface area (TPSA) is 81.6 Å². The zero-order valence-electron chi connectivity index (χ0n) is 7.90. The van der Waals surface area contributed by atoms with Crippen molar-refractivity contribution in [1.82, 2.24) is 10.6 Å². The first kappa shape index (κ1) is 11.4. The zero-order valence-corrected chi connectivity index (χ0v) is 7.90. The molecule has 6 heteroatoms. The minimum atomic E-state index is -1.56. The third-order valence-electron chi connectivity index (χ3n) is 2.31. The minimum absolute atomic E-state index is 0.256. The SMILES string of the molecule is CC(=O)N[C@H]1CN[C@H](CO)[C@H](F)[C@@H]1O. The largest absolute Gasteiger partial charge is 0.395 e. The number of rotatable bonds is 2. The number of amides is 1. The summed E-state index contributed by atoms with van der Waals surface area (Å²) in [6.45, 7) is 1.19. The van der Waals surface area contributed by atoms with Crippen molar-refractivity contribution in [2.24, 2.45) is 0 Å². The lowest BCUT2D eigenvalue weighted by Crippen LogP contribution is -2.63. The van der Waals surface area contributed by atoms with E-state index in [2.05, 4.69) is 10.6 Å². The van der Waals surface area contributed by atoms with Crippen molar-refractivity contribution in [2.75, 3.05) is 13.2 Å². The molecule has 82 valence electrons. The molecular weight excluding hydrogens is 191 g/mol. The van der Waals surface area contributed by atoms with Gasteiger partial charge in [-0.25, -0.2) is 4.39 Å². The Morgan fingerprint density at radius 1 is 1.71 bits per heavy atom. The van der Waals surface area contributed by atoms with E-state index >= 15 is 0 Å². The summed E-state index contributed by atoms with van der Waals surface area (Å²) < 4.78 is 13.3. The average molecular weight is 206 g/mol. The van der Waals surface area contributed by atoms with Crippen molar-refractivity contribution in [3.63, 3.8) is 0 Å². The molecule has 4 atom stereocenters. The molecule has 1 heterocycles. The number of piperidine rings is 1. The molecule has 14 heavy (non-hydrogen) atoms. The molecule has 1 saturated heterocycles. The van der Waals surface area contributed by atoms with E-state index in [4.69, 9.17) is 5.11 Å². The number of alkyl halides is 1. The summed E-state index contributed by atoms with van der Waals surface area (Å²) in [5.74, 6) is -0.314. The van der Waals surface area contributed by atoms with Crippen molar-refractivity contribution >= 4 is 5.91 Å². The van der Waals surface area contributed by atoms with E-state index < -0.39 is 24.4 Å². The van der Waals surface area contributed by atoms with Crippen LogP contribution in [0.3, 0.4) is 0 Å². The molecule has 1 aliphatic heterocycles. The van der Waals surface area contributed by atoms with Gasteiger partial charge in [0, 0.05) is 13.5 Å². The number of carbonyl (C=O) groups is 1. The van der Waals surface area contributed by atoms with Crippen molar-refractivity contribution < 1.29 is 19.4 Å². The van der Waals surface area contributed by atoms with E-state index in [0.29, 0.717) is 0 Å². The Bertz CT molecular complexity index is 215. The van der Waals surface area contributed by atoms with Crippen LogP contribution in [0, 0.1) is 0 Å². The molecule has 1 amide bonds. The first-order valence-electron chi connectivity index (χ1n) is 4.49. The second kappa shape index (κ2) is 4.68. The molecule has 5 nitrogen and oxygen atoms in total. The third-order valence-corrected chi connectivity index (χ3v) is 2.31. The fourth-order valence-corrected chi connectivity index (χ4v) is 1.53. The van der Waals surface area contributed by atoms with Crippen LogP contribution in [-0.2, 0) is 4.79 Å². The predicted molar refractivity (Wildman–Crippen MR) is 47.4 cm³/mol. The smallest absolute Gasteiger partial charge is 0.217 e. The van der Waals surface area contributed by atoms with Crippen LogP contribution in [0.5, 0.6) is 0 Å². The van der Waals surface area contributed by atoms with E-state index in [1.807, 2.05) is 0 Å². The maximum absolute atomic E-state index is 13.3. The molecule has 0 aromatic rings. The summed E-state index contributed by atoms with van der Waals surface area (Å²) in [6, 6.07) is -1.39. The molecule has 0 saturated carbocycles. The van der Waals surface area contributed by atoms with Crippen LogP contribution >= 0.6 is 0 Å². The van der Waals surface area contributed by atoms with Crippen LogP contribution in [0.25, 0.3) is 0 Å². The van der Waals surface area contributed by atoms with Crippen molar-refractivity contribution in [3.8, 4) is 0 Å². The van der Waals surface area contributed by atoms with Crippen molar-refractivity contribution in [2.45, 2.75) is 31.3 Å². The summed E-state index contributed by atoms with van der Waals surface area (Å²) in [5.41, 5.74) is 0. The Kier molecular flexibility index (Phi) is 3.79. The lowest BCUT2D eigenvalue weighted by molar-refractivity contribution is -0.121. The molecule has 1 rings (SSSR count). The van der Waals surface area contributed by atoms with Gasteiger partial charge in [0.25, 0.3) is 0 Å². The zero-order chi connectivity index (χ0) is 10.7. The van der Waals surface area contributed by atoms with Gasteiger partial charge in [-0.15, -0.1) is 0 Å². The van der Waals surface area contributed by atoms with Crippen LogP contribution in [0.4, 0.5) is 4.39 Å². The van der Waals surface area contributed by atoms with Gasteiger partial charge in [-0.05, 0) is 0 Å². The maximum Gasteiger partial charge on any atom is 0.217 e. The number of halogens is 1. The Hall–Kier alpha value is -0.720. The summed E-state index contributed by atoms with van der Waals surface area (Å²) in [7, 11) is 0. The molecule has 0 aromatic carbocycles. The summed E-state index contributed by atoms with van der Waals surface area (Å²) in [6.07, 6.45) is -2.83. The molecule has 0 aliphatic carbocycles. The number of nitrogens with one attached hydrogen (secondary N) is 2. The molecule has 0 radical (unpaired) electrons. The molecular formula is C8H15FN2O3. The van der Waals surface area contributed by atoms with Gasteiger partial charge in [-0.3, -0.25) is 4.79 Å². The first-order chi connectivity index (χ1) is 6.56. The van der Waals surface area contributed by atoms with E-state index in [9.17, 15) is 14.3 Å². The molecule has 1 fully saturated rings. The van der Waals surface area contributed by atoms with Gasteiger partial charge >= 0.3 is 0 Å². The molecule has 1 aliphatic rings. The van der Waals surface area contributed by atoms with Crippen LogP contribution in [0.2, 0.25) is 0 Å². The van der Waals surface area contributed by atoms with Crippen LogP contribution in [0.15, 0.2) is 0 Å². The van der Waals surface area contributed by atoms with Gasteiger partial charge in [-0.1, -0.05) is 0 Å². The van der Waals surface area contributed by atoms with Crippen LogP contribution < -0.4 is 10.6 Å². The third kappa shape index (κ3) is 2.40. The molecule has 0 spiro atoms. The van der Waals surface area contributed by atoms with E-state index in [1.54, 1.807) is 0 Å². The fourth-order valence-electron chi connectivity index (χ4n) is 1.53. The van der Waals surface area contributed by atoms with Gasteiger partial charge in [0.1, 0.15) is 12.3 Å². The van der Waals surface area contributed by atoms with Gasteiger partial charge in [-0.2, -0.15) is 0 Å². The van der Waals surface area contributed by atoms with Gasteiger partial charge in [0.2, 0.25) is 5.91 Å². The standard InChI is InChI=1S/C8H15FN2O3/c1-4(13)11-5-2-10-6(3-12)7(9)8(5)14/h5-8,10,12,14H,2-3H2,1H3,(H,11,13)/t5-,6+,7-,8+/m0/s1. The van der Waals surface area contributed by atoms with E-state index in [-0.39, 0.29) is 19.1 Å². The average Bonchev–Trinajstić information content (AvgIpc) is 2.13. The summed E-state index contributed by atoms with van der Waals surface area (Å²) >= 11 is 0. The maximum atomic E-state index is 13.3. The molecule has 0 aromatic heterocycles. The number of hydrogen-bond acceptors (Lipinski definition) is 4. The predicted octanol–water partition coefficient (Wildman–Crippen LogP) is -1.85. The first-order valence-corrected chi connectivity index (χ1v) is 4.49. The molecule has 0 unspecified atom stereocenters. The highest BCUT2D eigenvalue weighted by molar-refractivity contribution is 5.73. The number of carbonyl (C=O) groups excluding carboxylic acids is 1. The normalized spacial score (nSPS) is 38.0. The Morgan fingerprint density at radius 3 is 2.86 bits per heavy atom. The Balaban J connectivity index is 2.54. The number of aliphatic hydroxyl groups is 2. The monoisotopic (exact) mass is 206 g/mol. The van der Waals surface area contributed by atoms with Crippen LogP contribution in [0.1, 0.15) is 6.92 Å². The summed E-state index contributed by atoms with van der Waals surface area (Å²) in [4.78, 5) is 10.7. The molecule has 0 bridgehead atoms. The van der Waals surface area contributed by atoms with E-state index in [1.165, 1.54) is 6.92 Å². The quantitative estimate of drug-likeness (QED) is 0.428. The lowest BCUT2D eigenvalue weighted by atomic mass is 9.96. The van der Waals surface area contributed by atoms with Crippen LogP contribution in [-0.4, -0.2) is 53.6 Å². The highest BCUT2D eigenvalue weighted by Crippen LogP contribution is 2.13. The van der Waals surface area contributed by atoms with Crippen molar-refractivity contribution in [1.29, 1.82) is 0 Å². The second-order valence-electron chi connectivity index (χ2n) is 3.44. The van der Waals surface area contributed by atoms with E-state index in [0.717, 1.165) is 0 Å². The number of aliphatic hydroxyl groups excluding tert-OH is 2. The minimum Gasteiger partial charge on any atom is -0.395 e. The molecule has 4 N–H and O–H groups in total. The number of hydrogen-bond donors (Lipinski definition) is 4. The fraction of sp³-hybridized carbons (Fsp3) is 0.875.